The lowest BCUT2D eigenvalue weighted by atomic mass is 10.0. The minimum absolute atomic E-state index is 0.202. The van der Waals surface area contributed by atoms with Crippen LogP contribution in [0.3, 0.4) is 0 Å². The lowest BCUT2D eigenvalue weighted by Gasteiger charge is -2.06. The Labute approximate surface area is 131 Å². The van der Waals surface area contributed by atoms with Gasteiger partial charge in [-0.3, -0.25) is 4.79 Å². The summed E-state index contributed by atoms with van der Waals surface area (Å²) in [6.07, 6.45) is 0.827. The highest BCUT2D eigenvalue weighted by Crippen LogP contribution is 2.30. The van der Waals surface area contributed by atoms with Gasteiger partial charge in [0, 0.05) is 11.8 Å². The molecule has 4 rings (SSSR count). The second kappa shape index (κ2) is 4.98. The number of carbonyl (C=O) groups is 1. The number of primary amides is 1. The van der Waals surface area contributed by atoms with Gasteiger partial charge < -0.3 is 14.9 Å². The fraction of sp³-hybridized carbons (Fsp3) is 0.111. The van der Waals surface area contributed by atoms with Gasteiger partial charge in [0.1, 0.15) is 5.75 Å². The van der Waals surface area contributed by atoms with Gasteiger partial charge in [0.15, 0.2) is 5.58 Å². The number of rotatable bonds is 2. The van der Waals surface area contributed by atoms with E-state index in [9.17, 15) is 9.59 Å². The molecule has 0 bridgehead atoms. The van der Waals surface area contributed by atoms with Crippen LogP contribution in [0.5, 0.6) is 5.75 Å². The maximum atomic E-state index is 12.4. The highest BCUT2D eigenvalue weighted by molar-refractivity contribution is 6.04. The Morgan fingerprint density at radius 1 is 1.13 bits per heavy atom. The number of nitrogens with two attached hydrogens (primary N) is 1. The van der Waals surface area contributed by atoms with Gasteiger partial charge in [-0.15, -0.1) is 0 Å². The van der Waals surface area contributed by atoms with Crippen molar-refractivity contribution in [2.24, 2.45) is 5.73 Å². The van der Waals surface area contributed by atoms with E-state index in [1.807, 2.05) is 18.2 Å². The lowest BCUT2D eigenvalue weighted by Crippen LogP contribution is -2.12. The second-order valence-corrected chi connectivity index (χ2v) is 5.46. The zero-order valence-electron chi connectivity index (χ0n) is 12.2. The van der Waals surface area contributed by atoms with E-state index in [1.54, 1.807) is 24.3 Å². The topological polar surface area (TPSA) is 82.5 Å². The van der Waals surface area contributed by atoms with Gasteiger partial charge in [-0.05, 0) is 35.4 Å². The van der Waals surface area contributed by atoms with Crippen molar-refractivity contribution < 1.29 is 13.9 Å². The van der Waals surface area contributed by atoms with Crippen molar-refractivity contribution in [3.8, 4) is 16.9 Å². The Morgan fingerprint density at radius 2 is 2.00 bits per heavy atom. The van der Waals surface area contributed by atoms with Crippen LogP contribution >= 0.6 is 0 Å². The van der Waals surface area contributed by atoms with Crippen LogP contribution in [0.15, 0.2) is 51.7 Å². The van der Waals surface area contributed by atoms with Crippen LogP contribution in [0.25, 0.3) is 22.1 Å². The molecular formula is C18H13NO4. The molecule has 1 aliphatic rings. The molecule has 0 unspecified atom stereocenters. The normalized spacial score (nSPS) is 12.9. The number of ether oxygens (including phenoxy) is 1. The third-order valence-electron chi connectivity index (χ3n) is 4.03. The van der Waals surface area contributed by atoms with Crippen LogP contribution in [0.2, 0.25) is 0 Å². The predicted octanol–water partition coefficient (Wildman–Crippen LogP) is 2.49. The van der Waals surface area contributed by atoms with Crippen molar-refractivity contribution in [2.75, 3.05) is 6.61 Å². The molecule has 5 nitrogen and oxygen atoms in total. The number of benzene rings is 2. The molecule has 0 aliphatic carbocycles. The third kappa shape index (κ3) is 2.17. The molecule has 1 amide bonds. The number of amides is 1. The van der Waals surface area contributed by atoms with Crippen LogP contribution in [0.4, 0.5) is 0 Å². The minimum Gasteiger partial charge on any atom is -0.493 e. The van der Waals surface area contributed by atoms with E-state index in [0.29, 0.717) is 17.6 Å². The van der Waals surface area contributed by atoms with Crippen molar-refractivity contribution in [3.05, 3.63) is 64.0 Å². The van der Waals surface area contributed by atoms with Crippen LogP contribution in [0, 0.1) is 0 Å². The molecule has 0 spiro atoms. The summed E-state index contributed by atoms with van der Waals surface area (Å²) < 4.78 is 10.9. The van der Waals surface area contributed by atoms with Crippen LogP contribution < -0.4 is 16.1 Å². The molecule has 0 fully saturated rings. The molecule has 0 radical (unpaired) electrons. The third-order valence-corrected chi connectivity index (χ3v) is 4.03. The standard InChI is InChI=1S/C18H13NO4/c19-17(20)13-3-1-2-12-9-14(18(21)23-16(12)13)10-4-5-15-11(8-10)6-7-22-15/h1-5,8-9H,6-7H2,(H2,19,20). The number of para-hydroxylation sites is 1. The van der Waals surface area contributed by atoms with Crippen LogP contribution in [0.1, 0.15) is 15.9 Å². The molecule has 0 saturated carbocycles. The van der Waals surface area contributed by atoms with Crippen molar-refractivity contribution in [3.63, 3.8) is 0 Å². The van der Waals surface area contributed by atoms with Gasteiger partial charge in [-0.2, -0.15) is 0 Å². The first-order valence-corrected chi connectivity index (χ1v) is 7.26. The van der Waals surface area contributed by atoms with Gasteiger partial charge in [0.2, 0.25) is 0 Å². The second-order valence-electron chi connectivity index (χ2n) is 5.46. The first kappa shape index (κ1) is 13.6. The Hall–Kier alpha value is -3.08. The summed E-state index contributed by atoms with van der Waals surface area (Å²) in [5, 5.41) is 0.660. The number of hydrogen-bond donors (Lipinski definition) is 1. The quantitative estimate of drug-likeness (QED) is 0.737. The molecule has 5 heteroatoms. The van der Waals surface area contributed by atoms with Gasteiger partial charge in [-0.25, -0.2) is 4.79 Å². The predicted molar refractivity (Wildman–Crippen MR) is 85.6 cm³/mol. The van der Waals surface area contributed by atoms with Crippen molar-refractivity contribution in [1.82, 2.24) is 0 Å². The minimum atomic E-state index is -0.624. The summed E-state index contributed by atoms with van der Waals surface area (Å²) in [6.45, 7) is 0.660. The Kier molecular flexibility index (Phi) is 2.94. The largest absolute Gasteiger partial charge is 0.493 e. The number of carbonyl (C=O) groups excluding carboxylic acids is 1. The Bertz CT molecular complexity index is 1000. The highest BCUT2D eigenvalue weighted by Gasteiger charge is 2.16. The molecule has 1 aromatic heterocycles. The van der Waals surface area contributed by atoms with Crippen molar-refractivity contribution in [2.45, 2.75) is 6.42 Å². The molecule has 23 heavy (non-hydrogen) atoms. The average Bonchev–Trinajstić information content (AvgIpc) is 3.01. The van der Waals surface area contributed by atoms with Gasteiger partial charge >= 0.3 is 5.63 Å². The zero-order valence-corrected chi connectivity index (χ0v) is 12.2. The molecular weight excluding hydrogens is 294 g/mol. The smallest absolute Gasteiger partial charge is 0.344 e. The molecule has 2 heterocycles. The number of hydrogen-bond acceptors (Lipinski definition) is 4. The molecule has 0 atom stereocenters. The summed E-state index contributed by atoms with van der Waals surface area (Å²) in [4.78, 5) is 23.8. The fourth-order valence-electron chi connectivity index (χ4n) is 2.89. The van der Waals surface area contributed by atoms with E-state index in [2.05, 4.69) is 0 Å². The molecule has 2 aromatic carbocycles. The molecule has 0 saturated heterocycles. The van der Waals surface area contributed by atoms with Gasteiger partial charge in [-0.1, -0.05) is 18.2 Å². The molecule has 1 aliphatic heterocycles. The SMILES string of the molecule is NC(=O)c1cccc2cc(-c3ccc4c(c3)CCO4)c(=O)oc12. The molecule has 114 valence electrons. The van der Waals surface area contributed by atoms with Gasteiger partial charge in [0.05, 0.1) is 17.7 Å². The Balaban J connectivity index is 1.93. The summed E-state index contributed by atoms with van der Waals surface area (Å²) in [5.41, 5.74) is 7.56. The van der Waals surface area contributed by atoms with Gasteiger partial charge in [0.25, 0.3) is 5.91 Å². The number of fused-ring (bicyclic) bond motifs is 2. The summed E-state index contributed by atoms with van der Waals surface area (Å²) in [5.74, 6) is 0.233. The summed E-state index contributed by atoms with van der Waals surface area (Å²) in [7, 11) is 0. The van der Waals surface area contributed by atoms with Crippen molar-refractivity contribution in [1.29, 1.82) is 0 Å². The maximum Gasteiger partial charge on any atom is 0.344 e. The fourth-order valence-corrected chi connectivity index (χ4v) is 2.89. The highest BCUT2D eigenvalue weighted by atomic mass is 16.5. The van der Waals surface area contributed by atoms with E-state index in [0.717, 1.165) is 23.3 Å². The van der Waals surface area contributed by atoms with Crippen LogP contribution in [-0.2, 0) is 6.42 Å². The molecule has 2 N–H and O–H groups in total. The molecule has 3 aromatic rings. The summed E-state index contributed by atoms with van der Waals surface area (Å²) in [6, 6.07) is 12.4. The first-order valence-electron chi connectivity index (χ1n) is 7.26. The average molecular weight is 307 g/mol. The summed E-state index contributed by atoms with van der Waals surface area (Å²) >= 11 is 0. The van der Waals surface area contributed by atoms with E-state index in [4.69, 9.17) is 14.9 Å². The van der Waals surface area contributed by atoms with E-state index in [1.165, 1.54) is 0 Å². The monoisotopic (exact) mass is 307 g/mol. The lowest BCUT2D eigenvalue weighted by molar-refractivity contribution is 0.100. The zero-order chi connectivity index (χ0) is 16.0. The van der Waals surface area contributed by atoms with E-state index >= 15 is 0 Å². The van der Waals surface area contributed by atoms with E-state index < -0.39 is 11.5 Å². The maximum absolute atomic E-state index is 12.4. The van der Waals surface area contributed by atoms with Crippen molar-refractivity contribution >= 4 is 16.9 Å². The first-order chi connectivity index (χ1) is 11.1. The Morgan fingerprint density at radius 3 is 2.83 bits per heavy atom. The van der Waals surface area contributed by atoms with E-state index in [-0.39, 0.29) is 11.1 Å². The van der Waals surface area contributed by atoms with Crippen LogP contribution in [-0.4, -0.2) is 12.5 Å².